The molecule has 24 heavy (non-hydrogen) atoms. The Morgan fingerprint density at radius 3 is 2.75 bits per heavy atom. The number of nitrogens with zero attached hydrogens (tertiary/aromatic N) is 3. The summed E-state index contributed by atoms with van der Waals surface area (Å²) in [7, 11) is 2.07. The summed E-state index contributed by atoms with van der Waals surface area (Å²) in [5.74, 6) is 1.81. The highest BCUT2D eigenvalue weighted by Gasteiger charge is 2.28. The number of nitrogens with one attached hydrogen (secondary N) is 1. The standard InChI is InChI=1S/C19H20N4O/c1-23-17-5-2-14(10-16(17)22-19(23)15-3-4-15)11-18(24)21-12-13-6-8-20-9-7-13/h2,5-10,15H,3-4,11-12H2,1H3,(H,21,24). The van der Waals surface area contributed by atoms with Gasteiger partial charge in [-0.1, -0.05) is 6.07 Å². The molecule has 0 saturated heterocycles. The molecule has 0 aliphatic heterocycles. The number of amides is 1. The van der Waals surface area contributed by atoms with E-state index in [9.17, 15) is 4.79 Å². The first-order valence-electron chi connectivity index (χ1n) is 8.31. The number of imidazole rings is 1. The molecule has 2 aromatic heterocycles. The van der Waals surface area contributed by atoms with E-state index in [0.29, 0.717) is 18.9 Å². The van der Waals surface area contributed by atoms with Crippen LogP contribution in [0.25, 0.3) is 11.0 Å². The van der Waals surface area contributed by atoms with Crippen molar-refractivity contribution in [2.75, 3.05) is 0 Å². The minimum atomic E-state index is 0.0181. The van der Waals surface area contributed by atoms with E-state index in [1.54, 1.807) is 12.4 Å². The monoisotopic (exact) mass is 320 g/mol. The van der Waals surface area contributed by atoms with Crippen LogP contribution in [0.15, 0.2) is 42.7 Å². The lowest BCUT2D eigenvalue weighted by Crippen LogP contribution is -2.24. The van der Waals surface area contributed by atoms with Crippen LogP contribution in [0.4, 0.5) is 0 Å². The summed E-state index contributed by atoms with van der Waals surface area (Å²) in [6.45, 7) is 0.527. The van der Waals surface area contributed by atoms with Crippen molar-refractivity contribution in [3.05, 3.63) is 59.7 Å². The first kappa shape index (κ1) is 14.9. The number of hydrogen-bond donors (Lipinski definition) is 1. The van der Waals surface area contributed by atoms with E-state index in [-0.39, 0.29) is 5.91 Å². The van der Waals surface area contributed by atoms with Gasteiger partial charge in [0.2, 0.25) is 5.91 Å². The van der Waals surface area contributed by atoms with Crippen LogP contribution >= 0.6 is 0 Å². The van der Waals surface area contributed by atoms with Gasteiger partial charge in [-0.25, -0.2) is 4.98 Å². The third kappa shape index (κ3) is 3.02. The second kappa shape index (κ2) is 6.07. The number of hydrogen-bond acceptors (Lipinski definition) is 3. The van der Waals surface area contributed by atoms with Crippen molar-refractivity contribution in [1.82, 2.24) is 19.9 Å². The van der Waals surface area contributed by atoms with E-state index in [4.69, 9.17) is 4.98 Å². The minimum Gasteiger partial charge on any atom is -0.352 e. The third-order valence-corrected chi connectivity index (χ3v) is 4.53. The quantitative estimate of drug-likeness (QED) is 0.786. The Kier molecular flexibility index (Phi) is 3.76. The van der Waals surface area contributed by atoms with Gasteiger partial charge >= 0.3 is 0 Å². The number of carbonyl (C=O) groups is 1. The number of pyridine rings is 1. The Labute approximate surface area is 140 Å². The lowest BCUT2D eigenvalue weighted by atomic mass is 10.1. The van der Waals surface area contributed by atoms with E-state index in [0.717, 1.165) is 22.2 Å². The van der Waals surface area contributed by atoms with Gasteiger partial charge in [-0.3, -0.25) is 9.78 Å². The van der Waals surface area contributed by atoms with Gasteiger partial charge in [0.1, 0.15) is 5.82 Å². The van der Waals surface area contributed by atoms with Crippen molar-refractivity contribution in [2.45, 2.75) is 31.7 Å². The van der Waals surface area contributed by atoms with Crippen LogP contribution in [0.3, 0.4) is 0 Å². The molecule has 1 N–H and O–H groups in total. The molecule has 0 spiro atoms. The van der Waals surface area contributed by atoms with E-state index >= 15 is 0 Å². The average Bonchev–Trinajstić information content (AvgIpc) is 3.39. The van der Waals surface area contributed by atoms with Crippen molar-refractivity contribution in [1.29, 1.82) is 0 Å². The number of rotatable bonds is 5. The molecule has 1 fully saturated rings. The van der Waals surface area contributed by atoms with Gasteiger partial charge in [0.25, 0.3) is 0 Å². The maximum Gasteiger partial charge on any atom is 0.224 e. The number of aromatic nitrogens is 3. The van der Waals surface area contributed by atoms with Gasteiger partial charge in [0, 0.05) is 31.9 Å². The van der Waals surface area contributed by atoms with Gasteiger partial charge in [0.05, 0.1) is 17.5 Å². The highest BCUT2D eigenvalue weighted by Crippen LogP contribution is 2.40. The first-order chi connectivity index (χ1) is 11.7. The van der Waals surface area contributed by atoms with Crippen molar-refractivity contribution in [2.24, 2.45) is 7.05 Å². The molecule has 1 aliphatic carbocycles. The first-order valence-corrected chi connectivity index (χ1v) is 8.31. The van der Waals surface area contributed by atoms with Gasteiger partial charge in [-0.05, 0) is 48.2 Å². The molecule has 4 rings (SSSR count). The Bertz CT molecular complexity index is 881. The largest absolute Gasteiger partial charge is 0.352 e. The molecular formula is C19H20N4O. The molecule has 1 saturated carbocycles. The molecule has 0 bridgehead atoms. The highest BCUT2D eigenvalue weighted by molar-refractivity contribution is 5.82. The molecule has 2 heterocycles. The van der Waals surface area contributed by atoms with Crippen LogP contribution in [-0.2, 0) is 24.8 Å². The summed E-state index contributed by atoms with van der Waals surface area (Å²) >= 11 is 0. The summed E-state index contributed by atoms with van der Waals surface area (Å²) in [6.07, 6.45) is 6.31. The van der Waals surface area contributed by atoms with Crippen LogP contribution in [0, 0.1) is 0 Å². The SMILES string of the molecule is Cn1c(C2CC2)nc2cc(CC(=O)NCc3ccncc3)ccc21. The van der Waals surface area contributed by atoms with Gasteiger partial charge < -0.3 is 9.88 Å². The molecule has 3 aromatic rings. The topological polar surface area (TPSA) is 59.8 Å². The maximum absolute atomic E-state index is 12.2. The number of benzene rings is 1. The van der Waals surface area contributed by atoms with Crippen molar-refractivity contribution in [3.63, 3.8) is 0 Å². The van der Waals surface area contributed by atoms with Crippen molar-refractivity contribution >= 4 is 16.9 Å². The molecule has 1 amide bonds. The lowest BCUT2D eigenvalue weighted by Gasteiger charge is -2.05. The summed E-state index contributed by atoms with van der Waals surface area (Å²) in [4.78, 5) is 20.9. The molecular weight excluding hydrogens is 300 g/mol. The van der Waals surface area contributed by atoms with E-state index in [2.05, 4.69) is 28.0 Å². The van der Waals surface area contributed by atoms with Gasteiger partial charge in [0.15, 0.2) is 0 Å². The van der Waals surface area contributed by atoms with Gasteiger partial charge in [-0.2, -0.15) is 0 Å². The maximum atomic E-state index is 12.2. The highest BCUT2D eigenvalue weighted by atomic mass is 16.1. The fraction of sp³-hybridized carbons (Fsp3) is 0.316. The van der Waals surface area contributed by atoms with Crippen molar-refractivity contribution in [3.8, 4) is 0 Å². The minimum absolute atomic E-state index is 0.0181. The number of fused-ring (bicyclic) bond motifs is 1. The third-order valence-electron chi connectivity index (χ3n) is 4.53. The molecule has 5 nitrogen and oxygen atoms in total. The van der Waals surface area contributed by atoms with E-state index in [1.807, 2.05) is 24.3 Å². The van der Waals surface area contributed by atoms with Crippen molar-refractivity contribution < 1.29 is 4.79 Å². The normalized spacial score (nSPS) is 14.0. The van der Waals surface area contributed by atoms with Crippen LogP contribution in [0.2, 0.25) is 0 Å². The predicted molar refractivity (Wildman–Crippen MR) is 92.5 cm³/mol. The van der Waals surface area contributed by atoms with Crippen LogP contribution in [-0.4, -0.2) is 20.4 Å². The predicted octanol–water partition coefficient (Wildman–Crippen LogP) is 2.70. The summed E-state index contributed by atoms with van der Waals surface area (Å²) in [6, 6.07) is 9.93. The smallest absolute Gasteiger partial charge is 0.224 e. The summed E-state index contributed by atoms with van der Waals surface area (Å²) in [5.41, 5.74) is 4.17. The zero-order chi connectivity index (χ0) is 16.5. The van der Waals surface area contributed by atoms with Gasteiger partial charge in [-0.15, -0.1) is 0 Å². The Morgan fingerprint density at radius 1 is 1.21 bits per heavy atom. The number of carbonyl (C=O) groups excluding carboxylic acids is 1. The summed E-state index contributed by atoms with van der Waals surface area (Å²) < 4.78 is 2.18. The molecule has 5 heteroatoms. The van der Waals surface area contributed by atoms with E-state index in [1.165, 1.54) is 18.7 Å². The second-order valence-corrected chi connectivity index (χ2v) is 6.44. The molecule has 0 unspecified atom stereocenters. The molecule has 1 aromatic carbocycles. The van der Waals surface area contributed by atoms with Crippen LogP contribution in [0.5, 0.6) is 0 Å². The Hall–Kier alpha value is -2.69. The zero-order valence-corrected chi connectivity index (χ0v) is 13.7. The Morgan fingerprint density at radius 2 is 2.00 bits per heavy atom. The molecule has 122 valence electrons. The fourth-order valence-corrected chi connectivity index (χ4v) is 3.03. The molecule has 0 radical (unpaired) electrons. The number of aryl methyl sites for hydroxylation is 1. The molecule has 1 aliphatic rings. The Balaban J connectivity index is 1.45. The fourth-order valence-electron chi connectivity index (χ4n) is 3.03. The second-order valence-electron chi connectivity index (χ2n) is 6.44. The lowest BCUT2D eigenvalue weighted by molar-refractivity contribution is -0.120. The zero-order valence-electron chi connectivity index (χ0n) is 13.7. The molecule has 0 atom stereocenters. The average molecular weight is 320 g/mol. The summed E-state index contributed by atoms with van der Waals surface area (Å²) in [5, 5.41) is 2.95. The van der Waals surface area contributed by atoms with Crippen LogP contribution < -0.4 is 5.32 Å². The van der Waals surface area contributed by atoms with Crippen LogP contribution in [0.1, 0.15) is 35.7 Å². The van der Waals surface area contributed by atoms with E-state index < -0.39 is 0 Å².